The van der Waals surface area contributed by atoms with Crippen molar-refractivity contribution in [3.05, 3.63) is 28.6 Å². The van der Waals surface area contributed by atoms with E-state index in [0.717, 1.165) is 11.3 Å². The van der Waals surface area contributed by atoms with Gasteiger partial charge in [0.25, 0.3) is 5.91 Å². The number of guanidine groups is 1. The Morgan fingerprint density at radius 2 is 2.17 bits per heavy atom. The molecule has 0 radical (unpaired) electrons. The second kappa shape index (κ2) is 4.35. The third-order valence-electron chi connectivity index (χ3n) is 2.23. The number of aromatic hydroxyl groups is 1. The number of hydrogen-bond donors (Lipinski definition) is 3. The molecule has 0 unspecified atom stereocenters. The van der Waals surface area contributed by atoms with E-state index in [-0.39, 0.29) is 17.3 Å². The maximum absolute atomic E-state index is 11.6. The number of aliphatic imine (C=N–C) groups is 1. The average molecular weight is 260 g/mol. The number of carbonyl (C=O) groups excluding carboxylic acids is 1. The van der Waals surface area contributed by atoms with Gasteiger partial charge in [0.1, 0.15) is 17.4 Å². The Balaban J connectivity index is 2.62. The number of hydrogen-bond acceptors (Lipinski definition) is 4. The Labute approximate surface area is 106 Å². The molecule has 1 heterocycles. The number of amides is 1. The van der Waals surface area contributed by atoms with E-state index in [1.54, 1.807) is 6.07 Å². The topological polar surface area (TPSA) is 125 Å². The minimum Gasteiger partial charge on any atom is -0.507 e. The van der Waals surface area contributed by atoms with Crippen molar-refractivity contribution in [3.8, 4) is 11.8 Å². The summed E-state index contributed by atoms with van der Waals surface area (Å²) >= 11 is 1.16. The van der Waals surface area contributed by atoms with Crippen LogP contribution < -0.4 is 11.5 Å². The van der Waals surface area contributed by atoms with E-state index in [0.29, 0.717) is 15.0 Å². The van der Waals surface area contributed by atoms with Gasteiger partial charge >= 0.3 is 0 Å². The Hall–Kier alpha value is -2.59. The van der Waals surface area contributed by atoms with E-state index in [2.05, 4.69) is 4.99 Å². The molecule has 1 amide bonds. The third-order valence-corrected chi connectivity index (χ3v) is 3.32. The summed E-state index contributed by atoms with van der Waals surface area (Å²) in [7, 11) is 0. The number of nitrogens with two attached hydrogens (primary N) is 2. The number of carbonyl (C=O) groups is 1. The molecule has 1 aromatic heterocycles. The number of nitrogens with zero attached hydrogens (tertiary/aromatic N) is 2. The molecule has 6 nitrogen and oxygen atoms in total. The highest BCUT2D eigenvalue weighted by molar-refractivity contribution is 7.20. The standard InChI is InChI=1S/C11H8N4O2S/c12-4-6-5-3-9(10(17)15-11(13)14)18-8(5)2-1-7(6)16/h1-3,16H,(H4,13,14,15,17). The van der Waals surface area contributed by atoms with Crippen LogP contribution in [0.25, 0.3) is 10.1 Å². The first-order chi connectivity index (χ1) is 8.52. The van der Waals surface area contributed by atoms with Crippen LogP contribution in [0.4, 0.5) is 0 Å². The van der Waals surface area contributed by atoms with Gasteiger partial charge in [0.05, 0.1) is 4.88 Å². The molecule has 5 N–H and O–H groups in total. The van der Waals surface area contributed by atoms with Crippen LogP contribution in [-0.4, -0.2) is 17.0 Å². The maximum Gasteiger partial charge on any atom is 0.290 e. The van der Waals surface area contributed by atoms with E-state index in [1.165, 1.54) is 12.1 Å². The third kappa shape index (κ3) is 1.97. The highest BCUT2D eigenvalue weighted by Gasteiger charge is 2.14. The molecule has 0 bridgehead atoms. The fourth-order valence-corrected chi connectivity index (χ4v) is 2.45. The lowest BCUT2D eigenvalue weighted by atomic mass is 10.1. The highest BCUT2D eigenvalue weighted by Crippen LogP contribution is 2.33. The first-order valence-corrected chi connectivity index (χ1v) is 5.64. The Kier molecular flexibility index (Phi) is 2.87. The minimum absolute atomic E-state index is 0.122. The van der Waals surface area contributed by atoms with Gasteiger partial charge in [-0.1, -0.05) is 0 Å². The summed E-state index contributed by atoms with van der Waals surface area (Å²) in [6.45, 7) is 0. The fourth-order valence-electron chi connectivity index (χ4n) is 1.50. The Morgan fingerprint density at radius 1 is 1.44 bits per heavy atom. The molecule has 90 valence electrons. The number of fused-ring (bicyclic) bond motifs is 1. The lowest BCUT2D eigenvalue weighted by Crippen LogP contribution is -2.24. The first kappa shape index (κ1) is 11.9. The van der Waals surface area contributed by atoms with Gasteiger partial charge in [0.2, 0.25) is 0 Å². The van der Waals surface area contributed by atoms with Crippen LogP contribution in [-0.2, 0) is 0 Å². The lowest BCUT2D eigenvalue weighted by Gasteiger charge is -1.95. The number of thiophene rings is 1. The molecular weight excluding hydrogens is 252 g/mol. The smallest absolute Gasteiger partial charge is 0.290 e. The van der Waals surface area contributed by atoms with Crippen molar-refractivity contribution in [2.45, 2.75) is 0 Å². The summed E-state index contributed by atoms with van der Waals surface area (Å²) in [6, 6.07) is 6.42. The van der Waals surface area contributed by atoms with E-state index in [9.17, 15) is 9.90 Å². The van der Waals surface area contributed by atoms with E-state index in [4.69, 9.17) is 16.7 Å². The van der Waals surface area contributed by atoms with Gasteiger partial charge in [-0.05, 0) is 18.2 Å². The Morgan fingerprint density at radius 3 is 2.78 bits per heavy atom. The number of nitriles is 1. The Bertz CT molecular complexity index is 708. The maximum atomic E-state index is 11.6. The normalized spacial score (nSPS) is 9.94. The fraction of sp³-hybridized carbons (Fsp3) is 0. The van der Waals surface area contributed by atoms with Crippen molar-refractivity contribution >= 4 is 33.3 Å². The molecule has 0 aliphatic carbocycles. The SMILES string of the molecule is N#Cc1c(O)ccc2sc(C(=O)N=C(N)N)cc12. The summed E-state index contributed by atoms with van der Waals surface area (Å²) in [5, 5.41) is 19.0. The van der Waals surface area contributed by atoms with Crippen molar-refractivity contribution in [2.75, 3.05) is 0 Å². The van der Waals surface area contributed by atoms with Crippen LogP contribution in [0.2, 0.25) is 0 Å². The number of phenols is 1. The molecule has 0 aliphatic rings. The number of phenolic OH excluding ortho intramolecular Hbond substituents is 1. The minimum atomic E-state index is -0.570. The zero-order valence-corrected chi connectivity index (χ0v) is 9.86. The van der Waals surface area contributed by atoms with Crippen LogP contribution in [0, 0.1) is 11.3 Å². The summed E-state index contributed by atoms with van der Waals surface area (Å²) < 4.78 is 0.707. The van der Waals surface area contributed by atoms with Crippen molar-refractivity contribution in [1.82, 2.24) is 0 Å². The van der Waals surface area contributed by atoms with Gasteiger partial charge in [0, 0.05) is 10.1 Å². The zero-order valence-electron chi connectivity index (χ0n) is 9.04. The summed E-state index contributed by atoms with van der Waals surface area (Å²) in [5.41, 5.74) is 10.4. The highest BCUT2D eigenvalue weighted by atomic mass is 32.1. The molecular formula is C11H8N4O2S. The summed E-state index contributed by atoms with van der Waals surface area (Å²) in [5.74, 6) is -1.01. The molecule has 0 fully saturated rings. The number of rotatable bonds is 1. The van der Waals surface area contributed by atoms with Crippen molar-refractivity contribution in [2.24, 2.45) is 16.5 Å². The quantitative estimate of drug-likeness (QED) is 0.518. The molecule has 7 heteroatoms. The van der Waals surface area contributed by atoms with Crippen LogP contribution >= 0.6 is 11.3 Å². The molecule has 18 heavy (non-hydrogen) atoms. The largest absolute Gasteiger partial charge is 0.507 e. The van der Waals surface area contributed by atoms with Gasteiger partial charge in [-0.15, -0.1) is 11.3 Å². The molecule has 0 saturated carbocycles. The van der Waals surface area contributed by atoms with Gasteiger partial charge < -0.3 is 16.6 Å². The van der Waals surface area contributed by atoms with Crippen LogP contribution in [0.3, 0.4) is 0 Å². The number of benzene rings is 1. The van der Waals surface area contributed by atoms with Crippen LogP contribution in [0.1, 0.15) is 15.2 Å². The van der Waals surface area contributed by atoms with Crippen molar-refractivity contribution < 1.29 is 9.90 Å². The van der Waals surface area contributed by atoms with E-state index < -0.39 is 5.91 Å². The molecule has 0 spiro atoms. The molecule has 0 atom stereocenters. The molecule has 0 saturated heterocycles. The first-order valence-electron chi connectivity index (χ1n) is 4.82. The van der Waals surface area contributed by atoms with E-state index >= 15 is 0 Å². The van der Waals surface area contributed by atoms with Crippen LogP contribution in [0.15, 0.2) is 23.2 Å². The van der Waals surface area contributed by atoms with Gasteiger partial charge in [-0.25, -0.2) is 0 Å². The second-order valence-electron chi connectivity index (χ2n) is 3.44. The predicted molar refractivity (Wildman–Crippen MR) is 68.3 cm³/mol. The molecule has 1 aromatic carbocycles. The van der Waals surface area contributed by atoms with Gasteiger partial charge in [-0.3, -0.25) is 4.79 Å². The zero-order chi connectivity index (χ0) is 13.3. The van der Waals surface area contributed by atoms with E-state index in [1.807, 2.05) is 6.07 Å². The molecule has 2 rings (SSSR count). The summed E-state index contributed by atoms with van der Waals surface area (Å²) in [4.78, 5) is 15.4. The second-order valence-corrected chi connectivity index (χ2v) is 4.52. The molecule has 0 aliphatic heterocycles. The van der Waals surface area contributed by atoms with Gasteiger partial charge in [0.15, 0.2) is 5.96 Å². The van der Waals surface area contributed by atoms with Crippen molar-refractivity contribution in [1.29, 1.82) is 5.26 Å². The summed E-state index contributed by atoms with van der Waals surface area (Å²) in [6.07, 6.45) is 0. The monoisotopic (exact) mass is 260 g/mol. The predicted octanol–water partition coefficient (Wildman–Crippen LogP) is 0.892. The lowest BCUT2D eigenvalue weighted by molar-refractivity contribution is 0.101. The average Bonchev–Trinajstić information content (AvgIpc) is 2.72. The van der Waals surface area contributed by atoms with Crippen LogP contribution in [0.5, 0.6) is 5.75 Å². The molecule has 2 aromatic rings. The van der Waals surface area contributed by atoms with Crippen molar-refractivity contribution in [3.63, 3.8) is 0 Å². The van der Waals surface area contributed by atoms with Gasteiger partial charge in [-0.2, -0.15) is 10.3 Å².